The fourth-order valence-electron chi connectivity index (χ4n) is 1.60. The summed E-state index contributed by atoms with van der Waals surface area (Å²) in [5, 5.41) is 0. The third-order valence-electron chi connectivity index (χ3n) is 2.70. The molecule has 1 unspecified atom stereocenters. The van der Waals surface area contributed by atoms with Gasteiger partial charge in [-0.05, 0) is 31.6 Å². The molecule has 0 aromatic rings. The first-order valence-corrected chi connectivity index (χ1v) is 6.77. The van der Waals surface area contributed by atoms with Gasteiger partial charge in [-0.1, -0.05) is 34.6 Å². The number of hydrogen-bond donors (Lipinski definition) is 0. The minimum Gasteiger partial charge on any atom is -0.342 e. The number of hydrogen-bond acceptors (Lipinski definition) is 1. The molecule has 1 aliphatic rings. The lowest BCUT2D eigenvalue weighted by atomic mass is 10.0. The molecule has 0 saturated carbocycles. The Kier molecular flexibility index (Phi) is 8.32. The normalized spacial score (nSPS) is 17.8. The van der Waals surface area contributed by atoms with Gasteiger partial charge in [-0.25, -0.2) is 0 Å². The van der Waals surface area contributed by atoms with Gasteiger partial charge in [-0.3, -0.25) is 4.79 Å². The lowest BCUT2D eigenvalue weighted by Crippen LogP contribution is -2.38. The summed E-state index contributed by atoms with van der Waals surface area (Å²) in [5.41, 5.74) is 0. The van der Waals surface area contributed by atoms with Crippen molar-refractivity contribution < 1.29 is 4.79 Å². The quantitative estimate of drug-likeness (QED) is 0.704. The molecule has 1 heterocycles. The molecule has 1 amide bonds. The highest BCUT2D eigenvalue weighted by molar-refractivity contribution is 5.78. The molecule has 0 aromatic carbocycles. The summed E-state index contributed by atoms with van der Waals surface area (Å²) in [6.45, 7) is 12.6. The lowest BCUT2D eigenvalue weighted by molar-refractivity contribution is -0.135. The van der Waals surface area contributed by atoms with Gasteiger partial charge in [0.15, 0.2) is 0 Å². The monoisotopic (exact) mass is 227 g/mol. The first-order chi connectivity index (χ1) is 7.49. The summed E-state index contributed by atoms with van der Waals surface area (Å²) in [6, 6.07) is 0. The Hall–Kier alpha value is -0.530. The third-order valence-corrected chi connectivity index (χ3v) is 2.70. The summed E-state index contributed by atoms with van der Waals surface area (Å²) in [4.78, 5) is 13.7. The SMILES string of the molecule is CC(C)C.CCC(C)C(=O)N1CCCCC1. The Morgan fingerprint density at radius 2 is 1.50 bits per heavy atom. The van der Waals surface area contributed by atoms with Crippen molar-refractivity contribution in [2.45, 2.75) is 60.3 Å². The molecule has 1 aliphatic heterocycles. The number of carbonyl (C=O) groups excluding carboxylic acids is 1. The van der Waals surface area contributed by atoms with E-state index in [0.717, 1.165) is 25.4 Å². The summed E-state index contributed by atoms with van der Waals surface area (Å²) < 4.78 is 0. The van der Waals surface area contributed by atoms with E-state index in [1.54, 1.807) is 0 Å². The summed E-state index contributed by atoms with van der Waals surface area (Å²) in [7, 11) is 0. The average molecular weight is 227 g/mol. The van der Waals surface area contributed by atoms with Crippen molar-refractivity contribution in [3.8, 4) is 0 Å². The fourth-order valence-corrected chi connectivity index (χ4v) is 1.60. The molecule has 2 nitrogen and oxygen atoms in total. The first kappa shape index (κ1) is 15.5. The number of rotatable bonds is 2. The van der Waals surface area contributed by atoms with Crippen molar-refractivity contribution in [2.75, 3.05) is 13.1 Å². The van der Waals surface area contributed by atoms with Crippen LogP contribution in [0.2, 0.25) is 0 Å². The van der Waals surface area contributed by atoms with E-state index in [1.807, 2.05) is 11.8 Å². The predicted molar refractivity (Wildman–Crippen MR) is 70.4 cm³/mol. The van der Waals surface area contributed by atoms with Gasteiger partial charge in [0.05, 0.1) is 0 Å². The van der Waals surface area contributed by atoms with Crippen LogP contribution >= 0.6 is 0 Å². The third kappa shape index (κ3) is 6.86. The van der Waals surface area contributed by atoms with Crippen molar-refractivity contribution in [3.05, 3.63) is 0 Å². The zero-order valence-corrected chi connectivity index (χ0v) is 11.8. The maximum Gasteiger partial charge on any atom is 0.225 e. The number of nitrogens with zero attached hydrogens (tertiary/aromatic N) is 1. The minimum absolute atomic E-state index is 0.225. The standard InChI is InChI=1S/C10H19NO.C4H10/c1-3-9(2)10(12)11-7-5-4-6-8-11;1-4(2)3/h9H,3-8H2,1-2H3;4H,1-3H3. The molecule has 1 atom stereocenters. The largest absolute Gasteiger partial charge is 0.342 e. The van der Waals surface area contributed by atoms with Gasteiger partial charge in [0.25, 0.3) is 0 Å². The average Bonchev–Trinajstić information content (AvgIpc) is 2.27. The zero-order valence-electron chi connectivity index (χ0n) is 11.8. The highest BCUT2D eigenvalue weighted by atomic mass is 16.2. The van der Waals surface area contributed by atoms with E-state index in [4.69, 9.17) is 0 Å². The van der Waals surface area contributed by atoms with Gasteiger partial charge in [-0.2, -0.15) is 0 Å². The summed E-state index contributed by atoms with van der Waals surface area (Å²) in [6.07, 6.45) is 4.66. The van der Waals surface area contributed by atoms with E-state index in [1.165, 1.54) is 19.3 Å². The molecule has 0 radical (unpaired) electrons. The Morgan fingerprint density at radius 3 is 1.88 bits per heavy atom. The number of carbonyl (C=O) groups is 1. The maximum atomic E-state index is 11.7. The van der Waals surface area contributed by atoms with Crippen LogP contribution in [0.5, 0.6) is 0 Å². The number of amides is 1. The van der Waals surface area contributed by atoms with Crippen LogP contribution in [-0.4, -0.2) is 23.9 Å². The van der Waals surface area contributed by atoms with Crippen LogP contribution in [0.25, 0.3) is 0 Å². The van der Waals surface area contributed by atoms with Crippen LogP contribution in [0.15, 0.2) is 0 Å². The molecule has 2 heteroatoms. The van der Waals surface area contributed by atoms with Crippen molar-refractivity contribution in [3.63, 3.8) is 0 Å². The lowest BCUT2D eigenvalue weighted by Gasteiger charge is -2.28. The van der Waals surface area contributed by atoms with E-state index in [-0.39, 0.29) is 5.92 Å². The molecular weight excluding hydrogens is 198 g/mol. The van der Waals surface area contributed by atoms with Crippen LogP contribution in [0.4, 0.5) is 0 Å². The zero-order chi connectivity index (χ0) is 12.6. The number of piperidine rings is 1. The van der Waals surface area contributed by atoms with E-state index in [0.29, 0.717) is 5.91 Å². The molecule has 0 bridgehead atoms. The van der Waals surface area contributed by atoms with Crippen LogP contribution in [0.1, 0.15) is 60.3 Å². The van der Waals surface area contributed by atoms with Crippen molar-refractivity contribution in [1.82, 2.24) is 4.90 Å². The van der Waals surface area contributed by atoms with E-state index < -0.39 is 0 Å². The van der Waals surface area contributed by atoms with Crippen LogP contribution < -0.4 is 0 Å². The maximum absolute atomic E-state index is 11.7. The molecule has 0 N–H and O–H groups in total. The topological polar surface area (TPSA) is 20.3 Å². The van der Waals surface area contributed by atoms with Gasteiger partial charge in [0, 0.05) is 19.0 Å². The molecule has 96 valence electrons. The molecule has 1 saturated heterocycles. The van der Waals surface area contributed by atoms with Gasteiger partial charge >= 0.3 is 0 Å². The second-order valence-electron chi connectivity index (χ2n) is 5.43. The Morgan fingerprint density at radius 1 is 1.06 bits per heavy atom. The Bertz CT molecular complexity index is 180. The van der Waals surface area contributed by atoms with Gasteiger partial charge in [-0.15, -0.1) is 0 Å². The predicted octanol–water partition coefficient (Wildman–Crippen LogP) is 3.71. The molecular formula is C14H29NO. The van der Waals surface area contributed by atoms with Gasteiger partial charge in [0.2, 0.25) is 5.91 Å². The highest BCUT2D eigenvalue weighted by Gasteiger charge is 2.20. The second kappa shape index (κ2) is 8.60. The van der Waals surface area contributed by atoms with E-state index in [2.05, 4.69) is 27.7 Å². The number of likely N-dealkylation sites (tertiary alicyclic amines) is 1. The fraction of sp³-hybridized carbons (Fsp3) is 0.929. The molecule has 1 rings (SSSR count). The summed E-state index contributed by atoms with van der Waals surface area (Å²) in [5.74, 6) is 1.42. The van der Waals surface area contributed by atoms with Crippen molar-refractivity contribution >= 4 is 5.91 Å². The van der Waals surface area contributed by atoms with Crippen molar-refractivity contribution in [1.29, 1.82) is 0 Å². The van der Waals surface area contributed by atoms with Crippen LogP contribution in [-0.2, 0) is 4.79 Å². The van der Waals surface area contributed by atoms with Crippen LogP contribution in [0.3, 0.4) is 0 Å². The molecule has 0 spiro atoms. The van der Waals surface area contributed by atoms with E-state index in [9.17, 15) is 4.79 Å². The van der Waals surface area contributed by atoms with E-state index >= 15 is 0 Å². The second-order valence-corrected chi connectivity index (χ2v) is 5.43. The molecule has 0 aromatic heterocycles. The molecule has 0 aliphatic carbocycles. The van der Waals surface area contributed by atoms with Crippen molar-refractivity contribution in [2.24, 2.45) is 11.8 Å². The minimum atomic E-state index is 0.225. The Labute approximate surface area is 101 Å². The smallest absolute Gasteiger partial charge is 0.225 e. The highest BCUT2D eigenvalue weighted by Crippen LogP contribution is 2.13. The molecule has 16 heavy (non-hydrogen) atoms. The Balaban J connectivity index is 0.000000487. The summed E-state index contributed by atoms with van der Waals surface area (Å²) >= 11 is 0. The first-order valence-electron chi connectivity index (χ1n) is 6.77. The van der Waals surface area contributed by atoms with Gasteiger partial charge in [0.1, 0.15) is 0 Å². The van der Waals surface area contributed by atoms with Gasteiger partial charge < -0.3 is 4.90 Å². The van der Waals surface area contributed by atoms with Crippen LogP contribution in [0, 0.1) is 11.8 Å². The molecule has 1 fully saturated rings.